The Balaban J connectivity index is 2.10. The van der Waals surface area contributed by atoms with Gasteiger partial charge in [0.05, 0.1) is 4.47 Å². The van der Waals surface area contributed by atoms with Crippen molar-refractivity contribution in [3.05, 3.63) is 21.7 Å². The summed E-state index contributed by atoms with van der Waals surface area (Å²) >= 11 is 3.65. The summed E-state index contributed by atoms with van der Waals surface area (Å²) < 4.78 is 11.9. The Hall–Kier alpha value is -0.740. The predicted molar refractivity (Wildman–Crippen MR) is 65.0 cm³/mol. The zero-order valence-corrected chi connectivity index (χ0v) is 10.8. The van der Waals surface area contributed by atoms with Crippen molar-refractivity contribution in [2.24, 2.45) is 0 Å². The summed E-state index contributed by atoms with van der Waals surface area (Å²) in [4.78, 5) is 0. The fourth-order valence-electron chi connectivity index (χ4n) is 2.50. The van der Waals surface area contributed by atoms with Crippen LogP contribution in [-0.4, -0.2) is 13.3 Å². The van der Waals surface area contributed by atoms with Gasteiger partial charge in [0.1, 0.15) is 0 Å². The Bertz CT molecular complexity index is 428. The monoisotopic (exact) mass is 283 g/mol. The van der Waals surface area contributed by atoms with Gasteiger partial charge in [-0.25, -0.2) is 0 Å². The van der Waals surface area contributed by atoms with E-state index in [9.17, 15) is 0 Å². The Kier molecular flexibility index (Phi) is 2.56. The Morgan fingerprint density at radius 2 is 2.31 bits per heavy atom. The first kappa shape index (κ1) is 10.4. The number of halogens is 1. The number of hydrogen-bond acceptors (Lipinski definition) is 3. The topological polar surface area (TPSA) is 30.5 Å². The van der Waals surface area contributed by atoms with Crippen LogP contribution < -0.4 is 14.8 Å². The minimum atomic E-state index is 0.328. The van der Waals surface area contributed by atoms with Crippen LogP contribution in [0.2, 0.25) is 0 Å². The molecule has 16 heavy (non-hydrogen) atoms. The molecule has 0 radical (unpaired) electrons. The molecule has 0 aliphatic carbocycles. The lowest BCUT2D eigenvalue weighted by molar-refractivity contribution is 0.173. The molecule has 86 valence electrons. The van der Waals surface area contributed by atoms with Crippen LogP contribution in [0.15, 0.2) is 10.5 Å². The van der Waals surface area contributed by atoms with Crippen LogP contribution in [0, 0.1) is 6.92 Å². The predicted octanol–water partition coefficient (Wildman–Crippen LogP) is 2.91. The molecule has 3 nitrogen and oxygen atoms in total. The van der Waals surface area contributed by atoms with Gasteiger partial charge in [-0.3, -0.25) is 0 Å². The molecule has 0 saturated carbocycles. The second-order valence-electron chi connectivity index (χ2n) is 4.30. The molecule has 1 saturated heterocycles. The quantitative estimate of drug-likeness (QED) is 0.860. The summed E-state index contributed by atoms with van der Waals surface area (Å²) in [5.41, 5.74) is 2.58. The maximum Gasteiger partial charge on any atom is 0.231 e. The van der Waals surface area contributed by atoms with Crippen LogP contribution in [0.3, 0.4) is 0 Å². The van der Waals surface area contributed by atoms with E-state index < -0.39 is 0 Å². The highest BCUT2D eigenvalue weighted by Crippen LogP contribution is 2.45. The van der Waals surface area contributed by atoms with Crippen LogP contribution in [0.1, 0.15) is 30.0 Å². The molecular formula is C12H14BrNO2. The van der Waals surface area contributed by atoms with Gasteiger partial charge in [0.2, 0.25) is 6.79 Å². The molecule has 0 bridgehead atoms. The smallest absolute Gasteiger partial charge is 0.231 e. The summed E-state index contributed by atoms with van der Waals surface area (Å²) in [6.07, 6.45) is 2.43. The van der Waals surface area contributed by atoms with E-state index in [4.69, 9.17) is 9.47 Å². The lowest BCUT2D eigenvalue weighted by Gasteiger charge is -2.17. The Morgan fingerprint density at radius 1 is 1.44 bits per heavy atom. The molecule has 2 aliphatic rings. The molecule has 1 atom stereocenters. The SMILES string of the molecule is Cc1cc2c(c(Br)c1C1CCCN1)OCO2. The summed E-state index contributed by atoms with van der Waals surface area (Å²) in [6.45, 7) is 3.56. The molecule has 1 aromatic carbocycles. The average molecular weight is 284 g/mol. The van der Waals surface area contributed by atoms with E-state index in [1.807, 2.05) is 0 Å². The van der Waals surface area contributed by atoms with Gasteiger partial charge in [-0.15, -0.1) is 0 Å². The van der Waals surface area contributed by atoms with Gasteiger partial charge in [-0.05, 0) is 59.4 Å². The maximum atomic E-state index is 5.49. The zero-order chi connectivity index (χ0) is 11.1. The van der Waals surface area contributed by atoms with E-state index in [0.29, 0.717) is 12.8 Å². The fourth-order valence-corrected chi connectivity index (χ4v) is 3.39. The van der Waals surface area contributed by atoms with Crippen LogP contribution in [-0.2, 0) is 0 Å². The Morgan fingerprint density at radius 3 is 3.06 bits per heavy atom. The van der Waals surface area contributed by atoms with Crippen molar-refractivity contribution in [1.82, 2.24) is 5.32 Å². The second kappa shape index (κ2) is 3.93. The summed E-state index contributed by atoms with van der Waals surface area (Å²) in [7, 11) is 0. The van der Waals surface area contributed by atoms with Crippen LogP contribution in [0.5, 0.6) is 11.5 Å². The largest absolute Gasteiger partial charge is 0.454 e. The van der Waals surface area contributed by atoms with Gasteiger partial charge in [0, 0.05) is 6.04 Å². The van der Waals surface area contributed by atoms with Gasteiger partial charge in [-0.2, -0.15) is 0 Å². The van der Waals surface area contributed by atoms with Crippen molar-refractivity contribution < 1.29 is 9.47 Å². The molecule has 3 rings (SSSR count). The van der Waals surface area contributed by atoms with E-state index in [1.54, 1.807) is 0 Å². The maximum absolute atomic E-state index is 5.49. The number of nitrogens with one attached hydrogen (secondary N) is 1. The third-order valence-electron chi connectivity index (χ3n) is 3.26. The number of ether oxygens (including phenoxy) is 2. The number of rotatable bonds is 1. The van der Waals surface area contributed by atoms with E-state index in [0.717, 1.165) is 22.5 Å². The number of benzene rings is 1. The highest BCUT2D eigenvalue weighted by Gasteiger charge is 2.27. The van der Waals surface area contributed by atoms with Crippen molar-refractivity contribution in [2.75, 3.05) is 13.3 Å². The molecule has 1 unspecified atom stereocenters. The van der Waals surface area contributed by atoms with Gasteiger partial charge in [0.15, 0.2) is 11.5 Å². The van der Waals surface area contributed by atoms with Gasteiger partial charge >= 0.3 is 0 Å². The third-order valence-corrected chi connectivity index (χ3v) is 4.05. The molecular weight excluding hydrogens is 270 g/mol. The highest BCUT2D eigenvalue weighted by atomic mass is 79.9. The molecule has 0 spiro atoms. The summed E-state index contributed by atoms with van der Waals surface area (Å²) in [6, 6.07) is 2.52. The number of hydrogen-bond donors (Lipinski definition) is 1. The lowest BCUT2D eigenvalue weighted by Crippen LogP contribution is -2.14. The Labute approximate surface area is 103 Å². The van der Waals surface area contributed by atoms with Gasteiger partial charge < -0.3 is 14.8 Å². The molecule has 0 amide bonds. The van der Waals surface area contributed by atoms with Gasteiger partial charge in [-0.1, -0.05) is 0 Å². The van der Waals surface area contributed by atoms with Crippen molar-refractivity contribution in [1.29, 1.82) is 0 Å². The first-order chi connectivity index (χ1) is 7.77. The van der Waals surface area contributed by atoms with Crippen molar-refractivity contribution in [3.63, 3.8) is 0 Å². The van der Waals surface area contributed by atoms with E-state index >= 15 is 0 Å². The van der Waals surface area contributed by atoms with Crippen LogP contribution in [0.4, 0.5) is 0 Å². The van der Waals surface area contributed by atoms with Crippen molar-refractivity contribution >= 4 is 15.9 Å². The zero-order valence-electron chi connectivity index (χ0n) is 9.18. The first-order valence-electron chi connectivity index (χ1n) is 5.59. The second-order valence-corrected chi connectivity index (χ2v) is 5.10. The van der Waals surface area contributed by atoms with E-state index in [-0.39, 0.29) is 0 Å². The minimum Gasteiger partial charge on any atom is -0.454 e. The third kappa shape index (κ3) is 1.52. The fraction of sp³-hybridized carbons (Fsp3) is 0.500. The number of fused-ring (bicyclic) bond motifs is 1. The number of aryl methyl sites for hydroxylation is 1. The molecule has 1 aromatic rings. The van der Waals surface area contributed by atoms with E-state index in [2.05, 4.69) is 34.2 Å². The lowest BCUT2D eigenvalue weighted by atomic mass is 9.99. The van der Waals surface area contributed by atoms with Crippen molar-refractivity contribution in [3.8, 4) is 11.5 Å². The van der Waals surface area contributed by atoms with E-state index in [1.165, 1.54) is 24.0 Å². The summed E-state index contributed by atoms with van der Waals surface area (Å²) in [5, 5.41) is 3.52. The summed E-state index contributed by atoms with van der Waals surface area (Å²) in [5.74, 6) is 1.71. The van der Waals surface area contributed by atoms with Crippen LogP contribution in [0.25, 0.3) is 0 Å². The molecule has 4 heteroatoms. The average Bonchev–Trinajstić information content (AvgIpc) is 2.87. The van der Waals surface area contributed by atoms with Crippen molar-refractivity contribution in [2.45, 2.75) is 25.8 Å². The minimum absolute atomic E-state index is 0.328. The molecule has 0 aromatic heterocycles. The molecule has 1 fully saturated rings. The van der Waals surface area contributed by atoms with Crippen LogP contribution >= 0.6 is 15.9 Å². The molecule has 2 heterocycles. The normalized spacial score (nSPS) is 22.8. The molecule has 1 N–H and O–H groups in total. The molecule has 2 aliphatic heterocycles. The first-order valence-corrected chi connectivity index (χ1v) is 6.38. The van der Waals surface area contributed by atoms with Gasteiger partial charge in [0.25, 0.3) is 0 Å². The standard InChI is InChI=1S/C12H14BrNO2/c1-7-5-9-12(16-6-15-9)11(13)10(7)8-3-2-4-14-8/h5,8,14H,2-4,6H2,1H3. The highest BCUT2D eigenvalue weighted by molar-refractivity contribution is 9.10.